The number of carbonyl (C=O) groups excluding carboxylic acids is 1. The summed E-state index contributed by atoms with van der Waals surface area (Å²) < 4.78 is 0.748. The molecule has 0 bridgehead atoms. The predicted octanol–water partition coefficient (Wildman–Crippen LogP) is 5.68. The van der Waals surface area contributed by atoms with Crippen molar-refractivity contribution in [2.75, 3.05) is 11.4 Å². The first-order valence-electron chi connectivity index (χ1n) is 7.84. The summed E-state index contributed by atoms with van der Waals surface area (Å²) in [6.07, 6.45) is 2.83. The monoisotopic (exact) mass is 388 g/mol. The van der Waals surface area contributed by atoms with Crippen LogP contribution in [0.2, 0.25) is 4.34 Å². The lowest BCUT2D eigenvalue weighted by atomic mass is 10.2. The molecule has 0 unspecified atom stereocenters. The molecule has 0 saturated carbocycles. The fourth-order valence-electron chi connectivity index (χ4n) is 2.40. The molecule has 0 spiro atoms. The van der Waals surface area contributed by atoms with E-state index in [9.17, 15) is 4.79 Å². The molecule has 1 aromatic carbocycles. The van der Waals surface area contributed by atoms with Crippen LogP contribution in [0.1, 0.15) is 11.3 Å². The van der Waals surface area contributed by atoms with Crippen molar-refractivity contribution in [2.24, 2.45) is 0 Å². The summed E-state index contributed by atoms with van der Waals surface area (Å²) in [4.78, 5) is 20.1. The molecule has 25 heavy (non-hydrogen) atoms. The molecule has 0 saturated heterocycles. The van der Waals surface area contributed by atoms with Gasteiger partial charge in [-0.25, -0.2) is 4.98 Å². The molecule has 2 aromatic heterocycles. The molecule has 3 rings (SSSR count). The summed E-state index contributed by atoms with van der Waals surface area (Å²) in [6, 6.07) is 13.8. The standard InChI is InChI=1S/C19H17ClN2OS2/c1-2-12-22(18(23)11-9-15-8-10-17(20)25-15)19-21-16(13-24-19)14-6-4-3-5-7-14/h2-8,10,13H,1,9,11-12H2. The fourth-order valence-corrected chi connectivity index (χ4v) is 4.34. The number of benzene rings is 1. The van der Waals surface area contributed by atoms with Gasteiger partial charge in [0.05, 0.1) is 10.0 Å². The van der Waals surface area contributed by atoms with E-state index in [4.69, 9.17) is 11.6 Å². The molecule has 0 fully saturated rings. The van der Waals surface area contributed by atoms with Crippen LogP contribution in [-0.4, -0.2) is 17.4 Å². The lowest BCUT2D eigenvalue weighted by molar-refractivity contribution is -0.118. The Bertz CT molecular complexity index is 857. The van der Waals surface area contributed by atoms with Crippen LogP contribution in [0.25, 0.3) is 11.3 Å². The Balaban J connectivity index is 1.73. The van der Waals surface area contributed by atoms with Crippen LogP contribution in [0, 0.1) is 0 Å². The topological polar surface area (TPSA) is 33.2 Å². The van der Waals surface area contributed by atoms with Crippen molar-refractivity contribution in [3.63, 3.8) is 0 Å². The Morgan fingerprint density at radius 1 is 1.24 bits per heavy atom. The number of rotatable bonds is 7. The van der Waals surface area contributed by atoms with Crippen LogP contribution in [-0.2, 0) is 11.2 Å². The third-order valence-corrected chi connectivity index (χ3v) is 5.77. The van der Waals surface area contributed by atoms with E-state index < -0.39 is 0 Å². The van der Waals surface area contributed by atoms with E-state index in [2.05, 4.69) is 11.6 Å². The number of nitrogens with zero attached hydrogens (tertiary/aromatic N) is 2. The minimum Gasteiger partial charge on any atom is -0.284 e. The smallest absolute Gasteiger partial charge is 0.229 e. The second kappa shape index (κ2) is 8.43. The van der Waals surface area contributed by atoms with Crippen LogP contribution in [0.5, 0.6) is 0 Å². The number of hydrogen-bond acceptors (Lipinski definition) is 4. The van der Waals surface area contributed by atoms with Crippen molar-refractivity contribution >= 4 is 45.3 Å². The first-order valence-corrected chi connectivity index (χ1v) is 9.91. The molecule has 0 aliphatic heterocycles. The second-order valence-corrected chi connectivity index (χ2v) is 8.02. The van der Waals surface area contributed by atoms with E-state index in [0.717, 1.165) is 20.5 Å². The Hall–Kier alpha value is -1.95. The van der Waals surface area contributed by atoms with Gasteiger partial charge in [0.15, 0.2) is 5.13 Å². The van der Waals surface area contributed by atoms with Gasteiger partial charge >= 0.3 is 0 Å². The van der Waals surface area contributed by atoms with Crippen LogP contribution in [0.15, 0.2) is 60.5 Å². The number of halogens is 1. The van der Waals surface area contributed by atoms with Crippen LogP contribution < -0.4 is 4.90 Å². The van der Waals surface area contributed by atoms with E-state index in [0.29, 0.717) is 24.5 Å². The number of aryl methyl sites for hydroxylation is 1. The zero-order valence-electron chi connectivity index (χ0n) is 13.5. The van der Waals surface area contributed by atoms with Gasteiger partial charge in [-0.15, -0.1) is 29.3 Å². The van der Waals surface area contributed by atoms with E-state index in [-0.39, 0.29) is 5.91 Å². The maximum absolute atomic E-state index is 12.7. The Morgan fingerprint density at radius 2 is 2.04 bits per heavy atom. The summed E-state index contributed by atoms with van der Waals surface area (Å²) in [7, 11) is 0. The highest BCUT2D eigenvalue weighted by molar-refractivity contribution is 7.16. The van der Waals surface area contributed by atoms with Gasteiger partial charge in [0.2, 0.25) is 5.91 Å². The van der Waals surface area contributed by atoms with Gasteiger partial charge in [-0.1, -0.05) is 48.0 Å². The number of thiophene rings is 1. The third-order valence-electron chi connectivity index (χ3n) is 3.62. The number of aromatic nitrogens is 1. The molecule has 2 heterocycles. The largest absolute Gasteiger partial charge is 0.284 e. The summed E-state index contributed by atoms with van der Waals surface area (Å²) in [6.45, 7) is 4.21. The highest BCUT2D eigenvalue weighted by Crippen LogP contribution is 2.28. The quantitative estimate of drug-likeness (QED) is 0.488. The summed E-state index contributed by atoms with van der Waals surface area (Å²) in [5, 5.41) is 2.68. The molecule has 0 aliphatic carbocycles. The highest BCUT2D eigenvalue weighted by Gasteiger charge is 2.18. The van der Waals surface area contributed by atoms with E-state index in [1.54, 1.807) is 11.0 Å². The average molecular weight is 389 g/mol. The lowest BCUT2D eigenvalue weighted by Gasteiger charge is -2.17. The van der Waals surface area contributed by atoms with Crippen molar-refractivity contribution in [3.8, 4) is 11.3 Å². The van der Waals surface area contributed by atoms with Crippen molar-refractivity contribution in [1.82, 2.24) is 4.98 Å². The highest BCUT2D eigenvalue weighted by atomic mass is 35.5. The maximum Gasteiger partial charge on any atom is 0.229 e. The molecule has 128 valence electrons. The first-order chi connectivity index (χ1) is 12.2. The Kier molecular flexibility index (Phi) is 6.02. The molecular weight excluding hydrogens is 372 g/mol. The van der Waals surface area contributed by atoms with Gasteiger partial charge in [0.1, 0.15) is 0 Å². The second-order valence-electron chi connectivity index (χ2n) is 5.38. The van der Waals surface area contributed by atoms with E-state index in [1.807, 2.05) is 47.8 Å². The zero-order chi connectivity index (χ0) is 17.6. The number of carbonyl (C=O) groups is 1. The summed E-state index contributed by atoms with van der Waals surface area (Å²) in [5.74, 6) is 0.0402. The third kappa shape index (κ3) is 4.57. The Morgan fingerprint density at radius 3 is 2.72 bits per heavy atom. The number of thiazole rings is 1. The van der Waals surface area contributed by atoms with Gasteiger partial charge in [-0.2, -0.15) is 0 Å². The molecule has 6 heteroatoms. The Labute approximate surface area is 160 Å². The molecule has 0 N–H and O–H groups in total. The van der Waals surface area contributed by atoms with Crippen LogP contribution in [0.4, 0.5) is 5.13 Å². The molecular formula is C19H17ClN2OS2. The predicted molar refractivity (Wildman–Crippen MR) is 108 cm³/mol. The van der Waals surface area contributed by atoms with Gasteiger partial charge in [-0.3, -0.25) is 9.69 Å². The molecule has 3 aromatic rings. The van der Waals surface area contributed by atoms with Crippen molar-refractivity contribution in [3.05, 3.63) is 69.7 Å². The minimum absolute atomic E-state index is 0.0402. The molecule has 0 aliphatic rings. The fraction of sp³-hybridized carbons (Fsp3) is 0.158. The van der Waals surface area contributed by atoms with E-state index >= 15 is 0 Å². The maximum atomic E-state index is 12.7. The van der Waals surface area contributed by atoms with Crippen LogP contribution >= 0.6 is 34.3 Å². The number of hydrogen-bond donors (Lipinski definition) is 0. The SMILES string of the molecule is C=CCN(C(=O)CCc1ccc(Cl)s1)c1nc(-c2ccccc2)cs1. The molecule has 1 amide bonds. The lowest BCUT2D eigenvalue weighted by Crippen LogP contribution is -2.31. The number of amides is 1. The summed E-state index contributed by atoms with van der Waals surface area (Å²) in [5.41, 5.74) is 1.93. The van der Waals surface area contributed by atoms with Crippen molar-refractivity contribution in [2.45, 2.75) is 12.8 Å². The van der Waals surface area contributed by atoms with Gasteiger partial charge in [-0.05, 0) is 18.6 Å². The van der Waals surface area contributed by atoms with Gasteiger partial charge < -0.3 is 0 Å². The molecule has 0 radical (unpaired) electrons. The minimum atomic E-state index is 0.0402. The van der Waals surface area contributed by atoms with Gasteiger partial charge in [0, 0.05) is 28.8 Å². The number of anilines is 1. The van der Waals surface area contributed by atoms with Crippen LogP contribution in [0.3, 0.4) is 0 Å². The van der Waals surface area contributed by atoms with E-state index in [1.165, 1.54) is 22.7 Å². The molecule has 0 atom stereocenters. The normalized spacial score (nSPS) is 10.6. The zero-order valence-corrected chi connectivity index (χ0v) is 15.9. The van der Waals surface area contributed by atoms with Crippen molar-refractivity contribution in [1.29, 1.82) is 0 Å². The average Bonchev–Trinajstić information content (AvgIpc) is 3.27. The van der Waals surface area contributed by atoms with Gasteiger partial charge in [0.25, 0.3) is 0 Å². The van der Waals surface area contributed by atoms with Crippen molar-refractivity contribution < 1.29 is 4.79 Å². The summed E-state index contributed by atoms with van der Waals surface area (Å²) >= 11 is 8.93. The molecule has 3 nitrogen and oxygen atoms in total. The first kappa shape index (κ1) is 17.9.